The van der Waals surface area contributed by atoms with Crippen molar-refractivity contribution in [3.63, 3.8) is 0 Å². The number of hydrogen-bond donors (Lipinski definition) is 1. The van der Waals surface area contributed by atoms with Crippen LogP contribution in [0.25, 0.3) is 0 Å². The molecule has 0 bridgehead atoms. The number of hydrogen-bond acceptors (Lipinski definition) is 5. The van der Waals surface area contributed by atoms with Crippen LogP contribution in [0.4, 0.5) is 5.69 Å². The fourth-order valence-corrected chi connectivity index (χ4v) is 3.92. The Morgan fingerprint density at radius 3 is 2.38 bits per heavy atom. The second-order valence-corrected chi connectivity index (χ2v) is 9.31. The Balaban J connectivity index is 2.06. The SMILES string of the molecule is COc1ccc(S[C@@H](C)C(=O)Nc2cccc(S(=O)(=O)N(C)C)c2)cc1. The van der Waals surface area contributed by atoms with Crippen LogP contribution in [0.1, 0.15) is 6.92 Å². The minimum atomic E-state index is -3.55. The van der Waals surface area contributed by atoms with Gasteiger partial charge in [0.15, 0.2) is 0 Å². The summed E-state index contributed by atoms with van der Waals surface area (Å²) >= 11 is 1.41. The molecule has 2 rings (SSSR count). The first-order valence-electron chi connectivity index (χ1n) is 7.88. The van der Waals surface area contributed by atoms with E-state index in [2.05, 4.69) is 5.32 Å². The van der Waals surface area contributed by atoms with Crippen LogP contribution >= 0.6 is 11.8 Å². The second kappa shape index (κ2) is 8.57. The third kappa shape index (κ3) is 5.00. The predicted octanol–water partition coefficient (Wildman–Crippen LogP) is 3.06. The number of carbonyl (C=O) groups is 1. The Hall–Kier alpha value is -2.03. The minimum Gasteiger partial charge on any atom is -0.497 e. The molecule has 0 spiro atoms. The number of nitrogens with one attached hydrogen (secondary N) is 1. The smallest absolute Gasteiger partial charge is 0.242 e. The van der Waals surface area contributed by atoms with Crippen molar-refractivity contribution in [3.8, 4) is 5.75 Å². The molecule has 0 radical (unpaired) electrons. The standard InChI is InChI=1S/C18H22N2O4S2/c1-13(25-16-10-8-15(24-4)9-11-16)18(21)19-14-6-5-7-17(12-14)26(22,23)20(2)3/h5-13H,1-4H3,(H,19,21)/t13-/m0/s1. The molecule has 0 aliphatic rings. The van der Waals surface area contributed by atoms with Crippen LogP contribution in [0, 0.1) is 0 Å². The van der Waals surface area contributed by atoms with Gasteiger partial charge in [-0.15, -0.1) is 11.8 Å². The van der Waals surface area contributed by atoms with Crippen LogP contribution in [0.5, 0.6) is 5.75 Å². The number of thioether (sulfide) groups is 1. The summed E-state index contributed by atoms with van der Waals surface area (Å²) < 4.78 is 30.6. The van der Waals surface area contributed by atoms with Crippen LogP contribution in [-0.2, 0) is 14.8 Å². The van der Waals surface area contributed by atoms with E-state index in [1.165, 1.54) is 38.0 Å². The molecule has 1 N–H and O–H groups in total. The Labute approximate surface area is 158 Å². The van der Waals surface area contributed by atoms with E-state index < -0.39 is 10.0 Å². The Morgan fingerprint density at radius 2 is 1.81 bits per heavy atom. The molecule has 0 fully saturated rings. The molecule has 0 saturated heterocycles. The van der Waals surface area contributed by atoms with E-state index in [9.17, 15) is 13.2 Å². The molecule has 26 heavy (non-hydrogen) atoms. The average Bonchev–Trinajstić information content (AvgIpc) is 2.62. The largest absolute Gasteiger partial charge is 0.497 e. The van der Waals surface area contributed by atoms with Gasteiger partial charge in [0.1, 0.15) is 5.75 Å². The first-order chi connectivity index (χ1) is 12.2. The van der Waals surface area contributed by atoms with Gasteiger partial charge in [-0.3, -0.25) is 4.79 Å². The lowest BCUT2D eigenvalue weighted by Crippen LogP contribution is -2.24. The lowest BCUT2D eigenvalue weighted by Gasteiger charge is -2.14. The summed E-state index contributed by atoms with van der Waals surface area (Å²) in [7, 11) is 0.987. The summed E-state index contributed by atoms with van der Waals surface area (Å²) in [6.45, 7) is 1.80. The lowest BCUT2D eigenvalue weighted by molar-refractivity contribution is -0.115. The molecule has 0 aliphatic heterocycles. The molecule has 2 aromatic rings. The van der Waals surface area contributed by atoms with Gasteiger partial charge < -0.3 is 10.1 Å². The Bertz CT molecular complexity index is 865. The van der Waals surface area contributed by atoms with Gasteiger partial charge >= 0.3 is 0 Å². The third-order valence-electron chi connectivity index (χ3n) is 3.62. The number of nitrogens with zero attached hydrogens (tertiary/aromatic N) is 1. The zero-order chi connectivity index (χ0) is 19.3. The van der Waals surface area contributed by atoms with Crippen molar-refractivity contribution in [3.05, 3.63) is 48.5 Å². The normalized spacial score (nSPS) is 12.7. The van der Waals surface area contributed by atoms with E-state index in [1.807, 2.05) is 24.3 Å². The van der Waals surface area contributed by atoms with Gasteiger partial charge in [0.25, 0.3) is 0 Å². The van der Waals surface area contributed by atoms with Gasteiger partial charge in [0.05, 0.1) is 17.3 Å². The highest BCUT2D eigenvalue weighted by molar-refractivity contribution is 8.00. The number of rotatable bonds is 7. The second-order valence-electron chi connectivity index (χ2n) is 5.74. The molecular weight excluding hydrogens is 372 g/mol. The highest BCUT2D eigenvalue weighted by Gasteiger charge is 2.19. The van der Waals surface area contributed by atoms with Crippen LogP contribution < -0.4 is 10.1 Å². The van der Waals surface area contributed by atoms with Gasteiger partial charge in [-0.25, -0.2) is 12.7 Å². The quantitative estimate of drug-likeness (QED) is 0.731. The van der Waals surface area contributed by atoms with Crippen molar-refractivity contribution in [2.75, 3.05) is 26.5 Å². The topological polar surface area (TPSA) is 75.7 Å². The third-order valence-corrected chi connectivity index (χ3v) is 6.54. The summed E-state index contributed by atoms with van der Waals surface area (Å²) in [6.07, 6.45) is 0. The van der Waals surface area contributed by atoms with Gasteiger partial charge in [-0.05, 0) is 49.4 Å². The Kier molecular flexibility index (Phi) is 6.69. The molecule has 0 aliphatic carbocycles. The van der Waals surface area contributed by atoms with Gasteiger partial charge in [0, 0.05) is 24.7 Å². The molecule has 140 valence electrons. The molecule has 0 heterocycles. The van der Waals surface area contributed by atoms with Gasteiger partial charge in [0.2, 0.25) is 15.9 Å². The first kappa shape index (κ1) is 20.3. The highest BCUT2D eigenvalue weighted by atomic mass is 32.2. The number of amides is 1. The molecule has 1 atom stereocenters. The van der Waals surface area contributed by atoms with Crippen molar-refractivity contribution in [2.24, 2.45) is 0 Å². The van der Waals surface area contributed by atoms with Gasteiger partial charge in [-0.1, -0.05) is 6.07 Å². The maximum Gasteiger partial charge on any atom is 0.242 e. The molecule has 0 unspecified atom stereocenters. The zero-order valence-corrected chi connectivity index (χ0v) is 16.7. The van der Waals surface area contributed by atoms with Crippen molar-refractivity contribution in [1.29, 1.82) is 0 Å². The summed E-state index contributed by atoms with van der Waals surface area (Å²) in [6, 6.07) is 13.7. The van der Waals surface area contributed by atoms with Crippen molar-refractivity contribution in [1.82, 2.24) is 4.31 Å². The fraction of sp³-hybridized carbons (Fsp3) is 0.278. The van der Waals surface area contributed by atoms with Crippen LogP contribution in [0.3, 0.4) is 0 Å². The number of methoxy groups -OCH3 is 1. The number of ether oxygens (including phenoxy) is 1. The Morgan fingerprint density at radius 1 is 1.15 bits per heavy atom. The van der Waals surface area contributed by atoms with E-state index in [1.54, 1.807) is 26.2 Å². The van der Waals surface area contributed by atoms with Crippen LogP contribution in [-0.4, -0.2) is 45.1 Å². The van der Waals surface area contributed by atoms with Crippen molar-refractivity contribution >= 4 is 33.4 Å². The maximum absolute atomic E-state index is 12.4. The van der Waals surface area contributed by atoms with E-state index >= 15 is 0 Å². The summed E-state index contributed by atoms with van der Waals surface area (Å²) in [5.74, 6) is 0.551. The van der Waals surface area contributed by atoms with E-state index in [0.717, 1.165) is 15.0 Å². The monoisotopic (exact) mass is 394 g/mol. The molecule has 2 aromatic carbocycles. The fourth-order valence-electron chi connectivity index (χ4n) is 2.10. The number of anilines is 1. The zero-order valence-electron chi connectivity index (χ0n) is 15.1. The number of benzene rings is 2. The molecule has 8 heteroatoms. The average molecular weight is 395 g/mol. The molecule has 1 amide bonds. The summed E-state index contributed by atoms with van der Waals surface area (Å²) in [5.41, 5.74) is 0.445. The lowest BCUT2D eigenvalue weighted by atomic mass is 10.3. The minimum absolute atomic E-state index is 0.135. The maximum atomic E-state index is 12.4. The molecular formula is C18H22N2O4S2. The molecule has 0 saturated carbocycles. The summed E-state index contributed by atoms with van der Waals surface area (Å²) in [4.78, 5) is 13.5. The summed E-state index contributed by atoms with van der Waals surface area (Å²) in [5, 5.41) is 2.42. The van der Waals surface area contributed by atoms with E-state index in [0.29, 0.717) is 5.69 Å². The number of carbonyl (C=O) groups excluding carboxylic acids is 1. The van der Waals surface area contributed by atoms with Crippen molar-refractivity contribution in [2.45, 2.75) is 22.0 Å². The van der Waals surface area contributed by atoms with Gasteiger partial charge in [-0.2, -0.15) is 0 Å². The number of sulfonamides is 1. The van der Waals surface area contributed by atoms with Crippen molar-refractivity contribution < 1.29 is 17.9 Å². The van der Waals surface area contributed by atoms with Crippen LogP contribution in [0.15, 0.2) is 58.3 Å². The first-order valence-corrected chi connectivity index (χ1v) is 10.2. The highest BCUT2D eigenvalue weighted by Crippen LogP contribution is 2.26. The van der Waals surface area contributed by atoms with E-state index in [4.69, 9.17) is 4.74 Å². The van der Waals surface area contributed by atoms with E-state index in [-0.39, 0.29) is 16.1 Å². The predicted molar refractivity (Wildman–Crippen MR) is 104 cm³/mol. The molecule has 6 nitrogen and oxygen atoms in total. The van der Waals surface area contributed by atoms with Crippen LogP contribution in [0.2, 0.25) is 0 Å². The molecule has 0 aromatic heterocycles.